The number of ether oxygens (including phenoxy) is 1. The molecule has 27 heavy (non-hydrogen) atoms. The minimum absolute atomic E-state index is 0.111. The van der Waals surface area contributed by atoms with Crippen molar-refractivity contribution in [2.45, 2.75) is 33.6 Å². The molecule has 0 fully saturated rings. The second-order valence-electron chi connectivity index (χ2n) is 6.38. The number of methoxy groups -OCH3 is 1. The van der Waals surface area contributed by atoms with E-state index >= 15 is 0 Å². The Bertz CT molecular complexity index is 980. The van der Waals surface area contributed by atoms with E-state index in [4.69, 9.17) is 14.7 Å². The third-order valence-corrected chi connectivity index (χ3v) is 4.88. The summed E-state index contributed by atoms with van der Waals surface area (Å²) in [5.74, 6) is 0.951. The number of aliphatic imine (C=N–C) groups is 2. The summed E-state index contributed by atoms with van der Waals surface area (Å²) in [4.78, 5) is 9.72. The van der Waals surface area contributed by atoms with Crippen LogP contribution in [-0.4, -0.2) is 18.5 Å². The van der Waals surface area contributed by atoms with Gasteiger partial charge < -0.3 is 4.74 Å². The lowest BCUT2D eigenvalue weighted by atomic mass is 9.80. The number of benzene rings is 2. The summed E-state index contributed by atoms with van der Waals surface area (Å²) in [7, 11) is 1.69. The lowest BCUT2D eigenvalue weighted by molar-refractivity contribution is 0.414. The van der Waals surface area contributed by atoms with Crippen LogP contribution in [0.1, 0.15) is 50.3 Å². The molecule has 0 aromatic heterocycles. The molecule has 2 aromatic rings. The maximum Gasteiger partial charge on any atom is 0.119 e. The summed E-state index contributed by atoms with van der Waals surface area (Å²) in [6, 6.07) is 14.4. The Morgan fingerprint density at radius 2 is 1.81 bits per heavy atom. The summed E-state index contributed by atoms with van der Waals surface area (Å²) in [6.45, 7) is 12.0. The fourth-order valence-corrected chi connectivity index (χ4v) is 3.71. The van der Waals surface area contributed by atoms with E-state index in [0.717, 1.165) is 39.7 Å². The molecule has 3 heteroatoms. The Hall–Kier alpha value is -2.94. The van der Waals surface area contributed by atoms with Crippen LogP contribution < -0.4 is 4.74 Å². The Morgan fingerprint density at radius 1 is 1.04 bits per heavy atom. The van der Waals surface area contributed by atoms with Crippen molar-refractivity contribution in [3.63, 3.8) is 0 Å². The van der Waals surface area contributed by atoms with Gasteiger partial charge in [-0.15, -0.1) is 0 Å². The van der Waals surface area contributed by atoms with E-state index in [2.05, 4.69) is 44.7 Å². The highest BCUT2D eigenvalue weighted by Crippen LogP contribution is 2.45. The average molecular weight is 358 g/mol. The minimum atomic E-state index is 0.111. The summed E-state index contributed by atoms with van der Waals surface area (Å²) in [6.07, 6.45) is 1.87. The highest BCUT2D eigenvalue weighted by Gasteiger charge is 2.36. The van der Waals surface area contributed by atoms with Crippen LogP contribution in [0.5, 0.6) is 5.75 Å². The van der Waals surface area contributed by atoms with Crippen molar-refractivity contribution in [2.24, 2.45) is 9.98 Å². The molecule has 2 aliphatic heterocycles. The Kier molecular flexibility index (Phi) is 5.41. The number of rotatable bonds is 3. The molecule has 0 aliphatic carbocycles. The number of hydrogen-bond acceptors (Lipinski definition) is 3. The van der Waals surface area contributed by atoms with Gasteiger partial charge in [0.05, 0.1) is 24.4 Å². The van der Waals surface area contributed by atoms with Crippen LogP contribution in [0.4, 0.5) is 5.69 Å². The third-order valence-electron chi connectivity index (χ3n) is 4.88. The minimum Gasteiger partial charge on any atom is -0.497 e. The van der Waals surface area contributed by atoms with Crippen molar-refractivity contribution in [1.82, 2.24) is 0 Å². The molecule has 0 spiro atoms. The quantitative estimate of drug-likeness (QED) is 0.631. The van der Waals surface area contributed by atoms with Crippen molar-refractivity contribution >= 4 is 23.2 Å². The predicted molar refractivity (Wildman–Crippen MR) is 116 cm³/mol. The van der Waals surface area contributed by atoms with Crippen molar-refractivity contribution < 1.29 is 4.74 Å². The molecule has 0 saturated carbocycles. The van der Waals surface area contributed by atoms with E-state index in [0.29, 0.717) is 0 Å². The van der Waals surface area contributed by atoms with Crippen molar-refractivity contribution in [3.8, 4) is 5.75 Å². The van der Waals surface area contributed by atoms with Gasteiger partial charge in [0.15, 0.2) is 0 Å². The molecule has 138 valence electrons. The highest BCUT2D eigenvalue weighted by atomic mass is 16.5. The maximum atomic E-state index is 5.40. The number of allylic oxidation sites excluding steroid dienone is 2. The first-order chi connectivity index (χ1) is 13.1. The van der Waals surface area contributed by atoms with Crippen LogP contribution in [0.25, 0.3) is 6.08 Å². The zero-order chi connectivity index (χ0) is 19.6. The van der Waals surface area contributed by atoms with E-state index in [9.17, 15) is 0 Å². The fourth-order valence-electron chi connectivity index (χ4n) is 3.71. The maximum absolute atomic E-state index is 5.40. The number of hydrogen-bond donors (Lipinski definition) is 0. The SMILES string of the molecule is C=Cc1ccc2c(c1)C1C(c3cccc(OC)c3)=NC(C)=C1C(C)=N2.CC. The average Bonchev–Trinajstić information content (AvgIpc) is 3.07. The summed E-state index contributed by atoms with van der Waals surface area (Å²) < 4.78 is 5.40. The van der Waals surface area contributed by atoms with Crippen LogP contribution in [0.3, 0.4) is 0 Å². The largest absolute Gasteiger partial charge is 0.497 e. The van der Waals surface area contributed by atoms with Crippen LogP contribution in [0, 0.1) is 0 Å². The van der Waals surface area contributed by atoms with E-state index in [1.165, 1.54) is 11.1 Å². The van der Waals surface area contributed by atoms with Crippen LogP contribution in [-0.2, 0) is 0 Å². The van der Waals surface area contributed by atoms with Crippen LogP contribution in [0.15, 0.2) is 70.3 Å². The van der Waals surface area contributed by atoms with Gasteiger partial charge in [0.1, 0.15) is 5.75 Å². The van der Waals surface area contributed by atoms with E-state index in [1.54, 1.807) is 7.11 Å². The van der Waals surface area contributed by atoms with Gasteiger partial charge in [-0.1, -0.05) is 44.7 Å². The Balaban J connectivity index is 0.00000102. The second-order valence-corrected chi connectivity index (χ2v) is 6.38. The molecule has 2 aromatic carbocycles. The molecule has 3 nitrogen and oxygen atoms in total. The monoisotopic (exact) mass is 358 g/mol. The molecule has 0 saturated heterocycles. The lowest BCUT2D eigenvalue weighted by Crippen LogP contribution is -2.20. The van der Waals surface area contributed by atoms with Gasteiger partial charge in [-0.2, -0.15) is 0 Å². The summed E-state index contributed by atoms with van der Waals surface area (Å²) in [5.41, 5.74) is 8.75. The van der Waals surface area contributed by atoms with Gasteiger partial charge in [-0.25, -0.2) is 0 Å². The van der Waals surface area contributed by atoms with Crippen molar-refractivity contribution in [2.75, 3.05) is 7.11 Å². The Morgan fingerprint density at radius 3 is 2.52 bits per heavy atom. The number of fused-ring (bicyclic) bond motifs is 3. The molecule has 2 heterocycles. The standard InChI is InChI=1S/C22H20N2O.C2H6/c1-5-15-9-10-19-18(11-15)21-20(13(2)23-19)14(3)24-22(21)16-7-6-8-17(12-16)25-4;1-2/h5-12,21H,1H2,2-4H3;1-2H3. The summed E-state index contributed by atoms with van der Waals surface area (Å²) in [5, 5.41) is 0. The highest BCUT2D eigenvalue weighted by molar-refractivity contribution is 6.19. The predicted octanol–water partition coefficient (Wildman–Crippen LogP) is 6.33. The molecule has 0 N–H and O–H groups in total. The van der Waals surface area contributed by atoms with Gasteiger partial charge in [0.2, 0.25) is 0 Å². The first-order valence-corrected chi connectivity index (χ1v) is 9.38. The smallest absolute Gasteiger partial charge is 0.119 e. The van der Waals surface area contributed by atoms with Crippen molar-refractivity contribution in [3.05, 3.63) is 77.0 Å². The van der Waals surface area contributed by atoms with E-state index in [1.807, 2.05) is 38.1 Å². The third kappa shape index (κ3) is 3.25. The van der Waals surface area contributed by atoms with Crippen molar-refractivity contribution in [1.29, 1.82) is 0 Å². The fraction of sp³-hybridized carbons (Fsp3) is 0.250. The number of nitrogens with zero attached hydrogens (tertiary/aromatic N) is 2. The lowest BCUT2D eigenvalue weighted by Gasteiger charge is -2.25. The zero-order valence-corrected chi connectivity index (χ0v) is 16.7. The van der Waals surface area contributed by atoms with Gasteiger partial charge >= 0.3 is 0 Å². The van der Waals surface area contributed by atoms with E-state index in [-0.39, 0.29) is 5.92 Å². The Labute approximate surface area is 161 Å². The second kappa shape index (κ2) is 7.75. The molecular formula is C24H26N2O. The molecule has 1 atom stereocenters. The molecule has 4 rings (SSSR count). The van der Waals surface area contributed by atoms with Crippen LogP contribution >= 0.6 is 0 Å². The van der Waals surface area contributed by atoms with Gasteiger partial charge in [-0.05, 0) is 49.2 Å². The first-order valence-electron chi connectivity index (χ1n) is 9.38. The molecule has 0 radical (unpaired) electrons. The zero-order valence-electron chi connectivity index (χ0n) is 16.7. The topological polar surface area (TPSA) is 34.0 Å². The van der Waals surface area contributed by atoms with Crippen LogP contribution in [0.2, 0.25) is 0 Å². The molecule has 0 bridgehead atoms. The van der Waals surface area contributed by atoms with Gasteiger partial charge in [0.25, 0.3) is 0 Å². The molecule has 2 aliphatic rings. The normalized spacial score (nSPS) is 17.1. The van der Waals surface area contributed by atoms with Gasteiger partial charge in [-0.3, -0.25) is 9.98 Å². The molecule has 1 unspecified atom stereocenters. The summed E-state index contributed by atoms with van der Waals surface area (Å²) >= 11 is 0. The molecule has 0 amide bonds. The van der Waals surface area contributed by atoms with E-state index < -0.39 is 0 Å². The first kappa shape index (κ1) is 18.8. The van der Waals surface area contributed by atoms with Gasteiger partial charge in [0, 0.05) is 22.5 Å². The molecular weight excluding hydrogens is 332 g/mol.